The van der Waals surface area contributed by atoms with Crippen LogP contribution in [0, 0.1) is 0 Å². The molecule has 1 aromatic heterocycles. The van der Waals surface area contributed by atoms with Gasteiger partial charge < -0.3 is 24.7 Å². The van der Waals surface area contributed by atoms with Crippen LogP contribution < -0.4 is 10.1 Å². The molecule has 4 rings (SSSR count). The number of rotatable bonds is 6. The van der Waals surface area contributed by atoms with Crippen LogP contribution in [0.1, 0.15) is 54.3 Å². The molecule has 1 aromatic carbocycles. The smallest absolute Gasteiger partial charge is 0.269 e. The van der Waals surface area contributed by atoms with E-state index in [2.05, 4.69) is 10.3 Å². The van der Waals surface area contributed by atoms with Crippen molar-refractivity contribution in [3.05, 3.63) is 35.8 Å². The lowest BCUT2D eigenvalue weighted by molar-refractivity contribution is -0.134. The molecule has 2 saturated heterocycles. The molecular formula is C23H30N4O4. The monoisotopic (exact) mass is 426 g/mol. The van der Waals surface area contributed by atoms with E-state index in [-0.39, 0.29) is 23.8 Å². The lowest BCUT2D eigenvalue weighted by Gasteiger charge is -2.31. The van der Waals surface area contributed by atoms with Crippen molar-refractivity contribution < 1.29 is 19.1 Å². The lowest BCUT2D eigenvalue weighted by atomic mass is 9.95. The number of aromatic amines is 1. The Morgan fingerprint density at radius 2 is 1.97 bits per heavy atom. The molecule has 0 radical (unpaired) electrons. The number of aromatic nitrogens is 2. The average Bonchev–Trinajstić information content (AvgIpc) is 3.49. The Bertz CT molecular complexity index is 910. The Kier molecular flexibility index (Phi) is 6.56. The molecule has 2 amide bonds. The number of carbonyl (C=O) groups is 2. The number of methoxy groups -OCH3 is 1. The van der Waals surface area contributed by atoms with Crippen molar-refractivity contribution in [1.82, 2.24) is 20.2 Å². The van der Waals surface area contributed by atoms with Gasteiger partial charge in [0, 0.05) is 38.2 Å². The average molecular weight is 427 g/mol. The first kappa shape index (κ1) is 21.4. The van der Waals surface area contributed by atoms with Gasteiger partial charge in [0.05, 0.1) is 19.6 Å². The quantitative estimate of drug-likeness (QED) is 0.740. The largest absolute Gasteiger partial charge is 0.497 e. The lowest BCUT2D eigenvalue weighted by Crippen LogP contribution is -2.39. The van der Waals surface area contributed by atoms with Gasteiger partial charge in [0.25, 0.3) is 5.91 Å². The second kappa shape index (κ2) is 9.51. The highest BCUT2D eigenvalue weighted by Gasteiger charge is 2.29. The fraction of sp³-hybridized carbons (Fsp3) is 0.522. The molecule has 2 aliphatic rings. The summed E-state index contributed by atoms with van der Waals surface area (Å²) in [5.74, 6) is 1.71. The molecule has 8 nitrogen and oxygen atoms in total. The van der Waals surface area contributed by atoms with Gasteiger partial charge in [-0.2, -0.15) is 0 Å². The first-order valence-corrected chi connectivity index (χ1v) is 10.9. The number of amides is 2. The predicted molar refractivity (Wildman–Crippen MR) is 116 cm³/mol. The first-order chi connectivity index (χ1) is 15.1. The number of imidazole rings is 1. The van der Waals surface area contributed by atoms with Gasteiger partial charge in [-0.3, -0.25) is 9.59 Å². The molecule has 0 unspecified atom stereocenters. The minimum atomic E-state index is -0.200. The van der Waals surface area contributed by atoms with Crippen LogP contribution in [0.15, 0.2) is 24.3 Å². The number of benzene rings is 1. The van der Waals surface area contributed by atoms with Crippen molar-refractivity contribution in [2.24, 2.45) is 0 Å². The van der Waals surface area contributed by atoms with E-state index in [1.807, 2.05) is 29.2 Å². The molecule has 0 aliphatic carbocycles. The third-order valence-corrected chi connectivity index (χ3v) is 6.20. The highest BCUT2D eigenvalue weighted by atomic mass is 16.5. The number of hydrogen-bond donors (Lipinski definition) is 2. The molecule has 2 fully saturated rings. The summed E-state index contributed by atoms with van der Waals surface area (Å²) in [6.45, 7) is 2.16. The first-order valence-electron chi connectivity index (χ1n) is 10.9. The predicted octanol–water partition coefficient (Wildman–Crippen LogP) is 2.72. The fourth-order valence-electron chi connectivity index (χ4n) is 4.36. The van der Waals surface area contributed by atoms with Gasteiger partial charge in [-0.25, -0.2) is 4.98 Å². The number of ether oxygens (including phenoxy) is 2. The standard InChI is InChI=1S/C23H30N4O4/c1-24-23(29)21-20(15-5-7-17(30-2)8-6-15)25-22(26-21)16-9-11-27(12-10-16)19(28)14-18-4-3-13-31-18/h5-8,16,18H,3-4,9-14H2,1-2H3,(H,24,29)(H,25,26)/t18-/m0/s1. The molecule has 2 N–H and O–H groups in total. The number of piperidine rings is 1. The Morgan fingerprint density at radius 3 is 2.58 bits per heavy atom. The minimum Gasteiger partial charge on any atom is -0.497 e. The Labute approximate surface area is 182 Å². The zero-order valence-corrected chi connectivity index (χ0v) is 18.1. The van der Waals surface area contributed by atoms with Crippen molar-refractivity contribution in [2.75, 3.05) is 33.9 Å². The van der Waals surface area contributed by atoms with Gasteiger partial charge in [0.15, 0.2) is 0 Å². The third-order valence-electron chi connectivity index (χ3n) is 6.20. The summed E-state index contributed by atoms with van der Waals surface area (Å²) in [7, 11) is 3.23. The minimum absolute atomic E-state index is 0.0810. The van der Waals surface area contributed by atoms with Crippen LogP contribution in [0.3, 0.4) is 0 Å². The summed E-state index contributed by atoms with van der Waals surface area (Å²) in [6, 6.07) is 7.51. The highest BCUT2D eigenvalue weighted by Crippen LogP contribution is 2.31. The van der Waals surface area contributed by atoms with E-state index in [4.69, 9.17) is 14.5 Å². The topological polar surface area (TPSA) is 96.6 Å². The molecular weight excluding hydrogens is 396 g/mol. The van der Waals surface area contributed by atoms with E-state index >= 15 is 0 Å². The molecule has 1 atom stereocenters. The summed E-state index contributed by atoms with van der Waals surface area (Å²) in [5, 5.41) is 2.69. The third kappa shape index (κ3) is 4.74. The molecule has 0 bridgehead atoms. The van der Waals surface area contributed by atoms with Crippen molar-refractivity contribution in [3.8, 4) is 17.0 Å². The van der Waals surface area contributed by atoms with Crippen LogP contribution in [0.5, 0.6) is 5.75 Å². The molecule has 31 heavy (non-hydrogen) atoms. The van der Waals surface area contributed by atoms with Gasteiger partial charge in [-0.05, 0) is 49.9 Å². The van der Waals surface area contributed by atoms with Crippen LogP contribution in [0.4, 0.5) is 0 Å². The van der Waals surface area contributed by atoms with E-state index in [1.54, 1.807) is 14.2 Å². The van der Waals surface area contributed by atoms with Crippen LogP contribution in [0.2, 0.25) is 0 Å². The van der Waals surface area contributed by atoms with Crippen molar-refractivity contribution >= 4 is 11.8 Å². The summed E-state index contributed by atoms with van der Waals surface area (Å²) in [5.41, 5.74) is 1.94. The maximum absolute atomic E-state index is 12.6. The Balaban J connectivity index is 1.46. The molecule has 166 valence electrons. The SMILES string of the molecule is CNC(=O)c1[nH]c(C2CCN(C(=O)C[C@@H]3CCCO3)CC2)nc1-c1ccc(OC)cc1. The van der Waals surface area contributed by atoms with E-state index in [1.165, 1.54) is 0 Å². The van der Waals surface area contributed by atoms with E-state index in [9.17, 15) is 9.59 Å². The van der Waals surface area contributed by atoms with Gasteiger partial charge in [0.1, 0.15) is 23.0 Å². The van der Waals surface area contributed by atoms with Crippen LogP contribution >= 0.6 is 0 Å². The van der Waals surface area contributed by atoms with Gasteiger partial charge in [-0.15, -0.1) is 0 Å². The van der Waals surface area contributed by atoms with Gasteiger partial charge in [-0.1, -0.05) is 0 Å². The van der Waals surface area contributed by atoms with Crippen LogP contribution in [-0.4, -0.2) is 66.6 Å². The van der Waals surface area contributed by atoms with Gasteiger partial charge >= 0.3 is 0 Å². The zero-order valence-electron chi connectivity index (χ0n) is 18.1. The molecule has 0 spiro atoms. The van der Waals surface area contributed by atoms with Crippen molar-refractivity contribution in [1.29, 1.82) is 0 Å². The number of nitrogens with zero attached hydrogens (tertiary/aromatic N) is 2. The number of nitrogens with one attached hydrogen (secondary N) is 2. The summed E-state index contributed by atoms with van der Waals surface area (Å²) < 4.78 is 10.8. The van der Waals surface area contributed by atoms with Crippen LogP contribution in [-0.2, 0) is 9.53 Å². The van der Waals surface area contributed by atoms with Crippen molar-refractivity contribution in [3.63, 3.8) is 0 Å². The molecule has 3 heterocycles. The fourth-order valence-corrected chi connectivity index (χ4v) is 4.36. The molecule has 8 heteroatoms. The molecule has 2 aromatic rings. The summed E-state index contributed by atoms with van der Waals surface area (Å²) >= 11 is 0. The maximum atomic E-state index is 12.6. The van der Waals surface area contributed by atoms with Gasteiger partial charge in [0.2, 0.25) is 5.91 Å². The maximum Gasteiger partial charge on any atom is 0.269 e. The molecule has 2 aliphatic heterocycles. The Morgan fingerprint density at radius 1 is 1.23 bits per heavy atom. The van der Waals surface area contributed by atoms with Crippen LogP contribution in [0.25, 0.3) is 11.3 Å². The number of likely N-dealkylation sites (tertiary alicyclic amines) is 1. The number of carbonyl (C=O) groups excluding carboxylic acids is 2. The van der Waals surface area contributed by atoms with E-state index in [0.717, 1.165) is 49.4 Å². The van der Waals surface area contributed by atoms with E-state index < -0.39 is 0 Å². The highest BCUT2D eigenvalue weighted by molar-refractivity contribution is 5.98. The number of H-pyrrole nitrogens is 1. The second-order valence-electron chi connectivity index (χ2n) is 8.15. The Hall–Kier alpha value is -2.87. The number of hydrogen-bond acceptors (Lipinski definition) is 5. The van der Waals surface area contributed by atoms with E-state index in [0.29, 0.717) is 30.9 Å². The van der Waals surface area contributed by atoms with Crippen molar-refractivity contribution in [2.45, 2.75) is 44.1 Å². The molecule has 0 saturated carbocycles. The summed E-state index contributed by atoms with van der Waals surface area (Å²) in [4.78, 5) is 35.0. The normalized spacial score (nSPS) is 19.4. The second-order valence-corrected chi connectivity index (χ2v) is 8.15. The zero-order chi connectivity index (χ0) is 21.8. The summed E-state index contributed by atoms with van der Waals surface area (Å²) in [6.07, 6.45) is 4.22.